The first-order valence-electron chi connectivity index (χ1n) is 5.09. The summed E-state index contributed by atoms with van der Waals surface area (Å²) in [6.07, 6.45) is 3.14. The molecule has 2 rings (SSSR count). The van der Waals surface area contributed by atoms with E-state index in [1.807, 2.05) is 0 Å². The normalized spacial score (nSPS) is 15.2. The first kappa shape index (κ1) is 12.2. The number of carbonyl (C=O) groups is 1. The maximum atomic E-state index is 11.3. The SMILES string of the molecule is O=C(N/N=C/c1cc(Cl)cc(Cl)c1O)C1CC1. The second kappa shape index (κ2) is 4.94. The van der Waals surface area contributed by atoms with Crippen LogP contribution in [0, 0.1) is 5.92 Å². The molecule has 1 aliphatic carbocycles. The van der Waals surface area contributed by atoms with Gasteiger partial charge < -0.3 is 5.11 Å². The fraction of sp³-hybridized carbons (Fsp3) is 0.273. The molecule has 1 amide bonds. The molecule has 2 N–H and O–H groups in total. The Morgan fingerprint density at radius 3 is 2.82 bits per heavy atom. The highest BCUT2D eigenvalue weighted by atomic mass is 35.5. The summed E-state index contributed by atoms with van der Waals surface area (Å²) in [6, 6.07) is 2.94. The van der Waals surface area contributed by atoms with E-state index < -0.39 is 0 Å². The van der Waals surface area contributed by atoms with E-state index in [2.05, 4.69) is 10.5 Å². The minimum absolute atomic E-state index is 0.0868. The maximum absolute atomic E-state index is 11.3. The van der Waals surface area contributed by atoms with Crippen molar-refractivity contribution in [2.75, 3.05) is 0 Å². The van der Waals surface area contributed by atoms with Crippen molar-refractivity contribution < 1.29 is 9.90 Å². The van der Waals surface area contributed by atoms with Crippen molar-refractivity contribution in [2.45, 2.75) is 12.8 Å². The van der Waals surface area contributed by atoms with Crippen LogP contribution in [-0.2, 0) is 4.79 Å². The second-order valence-corrected chi connectivity index (χ2v) is 4.68. The number of hydrogen-bond donors (Lipinski definition) is 2. The molecule has 1 fully saturated rings. The van der Waals surface area contributed by atoms with Gasteiger partial charge in [-0.25, -0.2) is 5.43 Å². The molecule has 1 saturated carbocycles. The molecule has 1 aromatic carbocycles. The molecule has 0 bridgehead atoms. The third kappa shape index (κ3) is 3.11. The lowest BCUT2D eigenvalue weighted by atomic mass is 10.2. The van der Waals surface area contributed by atoms with Crippen LogP contribution in [0.25, 0.3) is 0 Å². The summed E-state index contributed by atoms with van der Waals surface area (Å²) >= 11 is 11.5. The van der Waals surface area contributed by atoms with Crippen molar-refractivity contribution in [3.05, 3.63) is 27.7 Å². The molecule has 0 aliphatic heterocycles. The number of aromatic hydroxyl groups is 1. The summed E-state index contributed by atoms with van der Waals surface area (Å²) in [7, 11) is 0. The van der Waals surface area contributed by atoms with E-state index in [-0.39, 0.29) is 22.6 Å². The summed E-state index contributed by atoms with van der Waals surface area (Å²) in [6.45, 7) is 0. The fourth-order valence-corrected chi connectivity index (χ4v) is 1.80. The number of rotatable bonds is 3. The van der Waals surface area contributed by atoms with E-state index in [1.54, 1.807) is 0 Å². The molecule has 0 aromatic heterocycles. The standard InChI is InChI=1S/C11H10Cl2N2O2/c12-8-3-7(10(16)9(13)4-8)5-14-15-11(17)6-1-2-6/h3-6,16H,1-2H2,(H,15,17)/b14-5+. The van der Waals surface area contributed by atoms with Gasteiger partial charge in [-0.15, -0.1) is 0 Å². The van der Waals surface area contributed by atoms with Crippen LogP contribution >= 0.6 is 23.2 Å². The number of halogens is 2. The Bertz CT molecular complexity index is 485. The van der Waals surface area contributed by atoms with Gasteiger partial charge in [-0.05, 0) is 25.0 Å². The van der Waals surface area contributed by atoms with E-state index in [0.29, 0.717) is 10.6 Å². The largest absolute Gasteiger partial charge is 0.506 e. The van der Waals surface area contributed by atoms with Crippen LogP contribution < -0.4 is 5.43 Å². The van der Waals surface area contributed by atoms with Gasteiger partial charge in [0.25, 0.3) is 0 Å². The van der Waals surface area contributed by atoms with Gasteiger partial charge in [-0.3, -0.25) is 4.79 Å². The third-order valence-corrected chi connectivity index (χ3v) is 2.89. The molecular formula is C11H10Cl2N2O2. The van der Waals surface area contributed by atoms with E-state index in [1.165, 1.54) is 18.3 Å². The van der Waals surface area contributed by atoms with Crippen LogP contribution in [0.5, 0.6) is 5.75 Å². The first-order chi connectivity index (χ1) is 8.08. The lowest BCUT2D eigenvalue weighted by molar-refractivity contribution is -0.122. The van der Waals surface area contributed by atoms with Gasteiger partial charge in [0.15, 0.2) is 0 Å². The van der Waals surface area contributed by atoms with Crippen LogP contribution in [0.1, 0.15) is 18.4 Å². The zero-order chi connectivity index (χ0) is 12.4. The molecule has 17 heavy (non-hydrogen) atoms. The van der Waals surface area contributed by atoms with Crippen molar-refractivity contribution in [2.24, 2.45) is 11.0 Å². The molecule has 0 radical (unpaired) electrons. The summed E-state index contributed by atoms with van der Waals surface area (Å²) in [5, 5.41) is 13.9. The number of phenolic OH excluding ortho intramolecular Hbond substituents is 1. The molecule has 0 saturated heterocycles. The predicted octanol–water partition coefficient (Wildman–Crippen LogP) is 2.56. The monoisotopic (exact) mass is 272 g/mol. The number of benzene rings is 1. The highest BCUT2D eigenvalue weighted by Crippen LogP contribution is 2.30. The minimum atomic E-state index is -0.111. The van der Waals surface area contributed by atoms with Gasteiger partial charge in [-0.1, -0.05) is 23.2 Å². The molecule has 0 spiro atoms. The van der Waals surface area contributed by atoms with Crippen molar-refractivity contribution in [1.29, 1.82) is 0 Å². The van der Waals surface area contributed by atoms with Gasteiger partial charge in [-0.2, -0.15) is 5.10 Å². The van der Waals surface area contributed by atoms with Crippen molar-refractivity contribution in [1.82, 2.24) is 5.43 Å². The van der Waals surface area contributed by atoms with Gasteiger partial charge in [0.2, 0.25) is 5.91 Å². The summed E-state index contributed by atoms with van der Waals surface area (Å²) < 4.78 is 0. The Kier molecular flexibility index (Phi) is 3.54. The number of hydrogen-bond acceptors (Lipinski definition) is 3. The third-order valence-electron chi connectivity index (χ3n) is 2.38. The Labute approximate surface area is 108 Å². The quantitative estimate of drug-likeness (QED) is 0.656. The fourth-order valence-electron chi connectivity index (χ4n) is 1.29. The van der Waals surface area contributed by atoms with Crippen molar-refractivity contribution in [3.63, 3.8) is 0 Å². The van der Waals surface area contributed by atoms with Crippen LogP contribution in [0.3, 0.4) is 0 Å². The molecule has 0 atom stereocenters. The molecular weight excluding hydrogens is 263 g/mol. The zero-order valence-electron chi connectivity index (χ0n) is 8.78. The van der Waals surface area contributed by atoms with Crippen LogP contribution in [0.2, 0.25) is 10.0 Å². The lowest BCUT2D eigenvalue weighted by Crippen LogP contribution is -2.18. The van der Waals surface area contributed by atoms with Crippen LogP contribution in [0.4, 0.5) is 0 Å². The predicted molar refractivity (Wildman–Crippen MR) is 66.6 cm³/mol. The van der Waals surface area contributed by atoms with Crippen molar-refractivity contribution in [3.8, 4) is 5.75 Å². The number of nitrogens with zero attached hydrogens (tertiary/aromatic N) is 1. The van der Waals surface area contributed by atoms with Crippen molar-refractivity contribution >= 4 is 35.3 Å². The van der Waals surface area contributed by atoms with Gasteiger partial charge >= 0.3 is 0 Å². The molecule has 4 nitrogen and oxygen atoms in total. The Hall–Kier alpha value is -1.26. The maximum Gasteiger partial charge on any atom is 0.243 e. The highest BCUT2D eigenvalue weighted by Gasteiger charge is 2.29. The van der Waals surface area contributed by atoms with E-state index in [4.69, 9.17) is 23.2 Å². The average Bonchev–Trinajstić information content (AvgIpc) is 3.08. The summed E-state index contributed by atoms with van der Waals surface area (Å²) in [5.41, 5.74) is 2.75. The Balaban J connectivity index is 2.06. The van der Waals surface area contributed by atoms with E-state index in [0.717, 1.165) is 12.8 Å². The first-order valence-corrected chi connectivity index (χ1v) is 5.84. The average molecular weight is 273 g/mol. The lowest BCUT2D eigenvalue weighted by Gasteiger charge is -2.02. The van der Waals surface area contributed by atoms with Crippen LogP contribution in [-0.4, -0.2) is 17.2 Å². The molecule has 90 valence electrons. The summed E-state index contributed by atoms with van der Waals surface area (Å²) in [4.78, 5) is 11.3. The second-order valence-electron chi connectivity index (χ2n) is 3.83. The van der Waals surface area contributed by atoms with Gasteiger partial charge in [0.05, 0.1) is 11.2 Å². The highest BCUT2D eigenvalue weighted by molar-refractivity contribution is 6.36. The number of phenols is 1. The Morgan fingerprint density at radius 2 is 2.18 bits per heavy atom. The molecule has 0 heterocycles. The topological polar surface area (TPSA) is 61.7 Å². The number of carbonyl (C=O) groups excluding carboxylic acids is 1. The molecule has 6 heteroatoms. The van der Waals surface area contributed by atoms with Gasteiger partial charge in [0.1, 0.15) is 5.75 Å². The molecule has 1 aromatic rings. The van der Waals surface area contributed by atoms with Crippen LogP contribution in [0.15, 0.2) is 17.2 Å². The summed E-state index contributed by atoms with van der Waals surface area (Å²) in [5.74, 6) is -0.127. The molecule has 0 unspecified atom stereocenters. The van der Waals surface area contributed by atoms with E-state index in [9.17, 15) is 9.90 Å². The number of amides is 1. The van der Waals surface area contributed by atoms with Gasteiger partial charge in [0, 0.05) is 16.5 Å². The number of hydrazone groups is 1. The Morgan fingerprint density at radius 1 is 1.47 bits per heavy atom. The molecule has 1 aliphatic rings. The zero-order valence-corrected chi connectivity index (χ0v) is 10.3. The minimum Gasteiger partial charge on any atom is -0.506 e. The van der Waals surface area contributed by atoms with E-state index >= 15 is 0 Å². The smallest absolute Gasteiger partial charge is 0.243 e. The number of nitrogens with one attached hydrogen (secondary N) is 1.